The second kappa shape index (κ2) is 7.21. The summed E-state index contributed by atoms with van der Waals surface area (Å²) in [6.07, 6.45) is 0.350. The van der Waals surface area contributed by atoms with Crippen molar-refractivity contribution >= 4 is 21.6 Å². The van der Waals surface area contributed by atoms with Gasteiger partial charge in [-0.2, -0.15) is 0 Å². The van der Waals surface area contributed by atoms with Crippen molar-refractivity contribution in [2.45, 2.75) is 32.1 Å². The summed E-state index contributed by atoms with van der Waals surface area (Å²) in [4.78, 5) is 14.3. The maximum atomic E-state index is 12.6. The molecule has 0 bridgehead atoms. The summed E-state index contributed by atoms with van der Waals surface area (Å²) in [7, 11) is -3.58. The lowest BCUT2D eigenvalue weighted by Crippen LogP contribution is -2.31. The van der Waals surface area contributed by atoms with Crippen LogP contribution in [-0.4, -0.2) is 27.4 Å². The largest absolute Gasteiger partial charge is 0.312 e. The molecule has 1 saturated heterocycles. The second-order valence-corrected chi connectivity index (χ2v) is 8.77. The minimum absolute atomic E-state index is 0.0320. The number of amides is 1. The van der Waals surface area contributed by atoms with E-state index in [4.69, 9.17) is 0 Å². The number of nitrogens with zero attached hydrogens (tertiary/aromatic N) is 1. The fourth-order valence-electron chi connectivity index (χ4n) is 3.30. The Kier molecular flexibility index (Phi) is 5.16. The van der Waals surface area contributed by atoms with E-state index in [-0.39, 0.29) is 18.4 Å². The van der Waals surface area contributed by atoms with Gasteiger partial charge in [0.2, 0.25) is 15.9 Å². The highest BCUT2D eigenvalue weighted by molar-refractivity contribution is 7.89. The molecule has 0 saturated carbocycles. The van der Waals surface area contributed by atoms with Crippen LogP contribution in [-0.2, 0) is 14.8 Å². The van der Waals surface area contributed by atoms with Gasteiger partial charge in [-0.3, -0.25) is 4.79 Å². The van der Waals surface area contributed by atoms with Crippen LogP contribution in [0.4, 0.5) is 5.69 Å². The lowest BCUT2D eigenvalue weighted by atomic mass is 10.1. The van der Waals surface area contributed by atoms with Crippen LogP contribution in [0.15, 0.2) is 47.4 Å². The third-order valence-electron chi connectivity index (χ3n) is 4.73. The van der Waals surface area contributed by atoms with Crippen LogP contribution in [0.25, 0.3) is 0 Å². The van der Waals surface area contributed by atoms with Crippen LogP contribution < -0.4 is 9.62 Å². The van der Waals surface area contributed by atoms with Gasteiger partial charge < -0.3 is 4.90 Å². The van der Waals surface area contributed by atoms with E-state index in [0.29, 0.717) is 17.9 Å². The lowest BCUT2D eigenvalue weighted by molar-refractivity contribution is -0.117. The fraction of sp³-hybridized carbons (Fsp3) is 0.350. The van der Waals surface area contributed by atoms with E-state index in [1.165, 1.54) is 0 Å². The summed E-state index contributed by atoms with van der Waals surface area (Å²) < 4.78 is 27.8. The van der Waals surface area contributed by atoms with E-state index in [0.717, 1.165) is 22.4 Å². The highest BCUT2D eigenvalue weighted by atomic mass is 32.2. The molecular formula is C20H24N2O3S. The molecule has 1 heterocycles. The molecule has 3 rings (SSSR count). The zero-order valence-corrected chi connectivity index (χ0v) is 16.1. The topological polar surface area (TPSA) is 66.5 Å². The maximum absolute atomic E-state index is 12.6. The number of anilines is 1. The molecule has 1 N–H and O–H groups in total. The number of aryl methyl sites for hydroxylation is 3. The Morgan fingerprint density at radius 2 is 1.69 bits per heavy atom. The van der Waals surface area contributed by atoms with E-state index in [1.807, 2.05) is 44.2 Å². The highest BCUT2D eigenvalue weighted by Gasteiger charge is 2.31. The standard InChI is InChI=1S/C20H24N2O3S/c1-14-4-7-18(8-5-14)22-13-17(11-20(22)23)12-21-26(24,25)19-9-6-15(2)10-16(19)3/h4-10,17,21H,11-13H2,1-3H3. The molecule has 2 aromatic carbocycles. The lowest BCUT2D eigenvalue weighted by Gasteiger charge is -2.17. The SMILES string of the molecule is Cc1ccc(N2CC(CNS(=O)(=O)c3ccc(C)cc3C)CC2=O)cc1. The Balaban J connectivity index is 1.66. The average Bonchev–Trinajstić information content (AvgIpc) is 2.94. The molecule has 6 heteroatoms. The molecule has 1 aliphatic rings. The number of sulfonamides is 1. The molecule has 2 aromatic rings. The van der Waals surface area contributed by atoms with Crippen molar-refractivity contribution in [2.24, 2.45) is 5.92 Å². The summed E-state index contributed by atoms with van der Waals surface area (Å²) in [5, 5.41) is 0. The molecule has 1 atom stereocenters. The van der Waals surface area contributed by atoms with E-state index < -0.39 is 10.0 Å². The summed E-state index contributed by atoms with van der Waals surface area (Å²) in [6, 6.07) is 13.1. The van der Waals surface area contributed by atoms with Crippen molar-refractivity contribution in [3.8, 4) is 0 Å². The van der Waals surface area contributed by atoms with Crippen molar-refractivity contribution in [3.63, 3.8) is 0 Å². The molecule has 1 aliphatic heterocycles. The summed E-state index contributed by atoms with van der Waals surface area (Å²) in [6.45, 7) is 6.50. The smallest absolute Gasteiger partial charge is 0.240 e. The first-order valence-corrected chi connectivity index (χ1v) is 10.2. The van der Waals surface area contributed by atoms with Gasteiger partial charge in [0.1, 0.15) is 0 Å². The van der Waals surface area contributed by atoms with E-state index in [1.54, 1.807) is 24.0 Å². The summed E-state index contributed by atoms with van der Waals surface area (Å²) in [5.41, 5.74) is 3.75. The molecule has 1 fully saturated rings. The minimum Gasteiger partial charge on any atom is -0.312 e. The molecule has 26 heavy (non-hydrogen) atoms. The Labute approximate surface area is 155 Å². The number of hydrogen-bond acceptors (Lipinski definition) is 3. The Morgan fingerprint density at radius 3 is 2.35 bits per heavy atom. The molecule has 0 radical (unpaired) electrons. The molecule has 1 unspecified atom stereocenters. The van der Waals surface area contributed by atoms with Gasteiger partial charge in [-0.25, -0.2) is 13.1 Å². The monoisotopic (exact) mass is 372 g/mol. The molecule has 0 spiro atoms. The quantitative estimate of drug-likeness (QED) is 0.877. The number of nitrogens with one attached hydrogen (secondary N) is 1. The normalized spacial score (nSPS) is 17.7. The Hall–Kier alpha value is -2.18. The van der Waals surface area contributed by atoms with Gasteiger partial charge in [-0.1, -0.05) is 35.4 Å². The van der Waals surface area contributed by atoms with Gasteiger partial charge in [0, 0.05) is 25.2 Å². The van der Waals surface area contributed by atoms with Gasteiger partial charge in [0.05, 0.1) is 4.90 Å². The number of carbonyl (C=O) groups excluding carboxylic acids is 1. The van der Waals surface area contributed by atoms with Crippen LogP contribution in [0, 0.1) is 26.7 Å². The van der Waals surface area contributed by atoms with Crippen molar-refractivity contribution in [3.05, 3.63) is 59.2 Å². The van der Waals surface area contributed by atoms with Crippen molar-refractivity contribution < 1.29 is 13.2 Å². The van der Waals surface area contributed by atoms with E-state index >= 15 is 0 Å². The first-order chi connectivity index (χ1) is 12.3. The fourth-order valence-corrected chi connectivity index (χ4v) is 4.64. The third-order valence-corrected chi connectivity index (χ3v) is 6.32. The highest BCUT2D eigenvalue weighted by Crippen LogP contribution is 2.25. The maximum Gasteiger partial charge on any atom is 0.240 e. The summed E-state index contributed by atoms with van der Waals surface area (Å²) in [5.74, 6) is -0.00565. The van der Waals surface area contributed by atoms with Crippen LogP contribution in [0.5, 0.6) is 0 Å². The van der Waals surface area contributed by atoms with Crippen LogP contribution in [0.2, 0.25) is 0 Å². The zero-order chi connectivity index (χ0) is 18.9. The predicted molar refractivity (Wildman–Crippen MR) is 103 cm³/mol. The Morgan fingerprint density at radius 1 is 1.04 bits per heavy atom. The predicted octanol–water partition coefficient (Wildman–Crippen LogP) is 2.94. The van der Waals surface area contributed by atoms with Crippen LogP contribution in [0.1, 0.15) is 23.1 Å². The van der Waals surface area contributed by atoms with Crippen LogP contribution in [0.3, 0.4) is 0 Å². The first kappa shape index (κ1) is 18.6. The van der Waals surface area contributed by atoms with Crippen molar-refractivity contribution in [1.82, 2.24) is 4.72 Å². The molecule has 138 valence electrons. The first-order valence-electron chi connectivity index (χ1n) is 8.70. The minimum atomic E-state index is -3.58. The van der Waals surface area contributed by atoms with E-state index in [2.05, 4.69) is 4.72 Å². The van der Waals surface area contributed by atoms with Gasteiger partial charge in [-0.15, -0.1) is 0 Å². The zero-order valence-electron chi connectivity index (χ0n) is 15.3. The molecule has 1 amide bonds. The number of benzene rings is 2. The van der Waals surface area contributed by atoms with Crippen molar-refractivity contribution in [2.75, 3.05) is 18.0 Å². The van der Waals surface area contributed by atoms with Crippen molar-refractivity contribution in [1.29, 1.82) is 0 Å². The average molecular weight is 372 g/mol. The number of hydrogen-bond donors (Lipinski definition) is 1. The molecule has 0 aromatic heterocycles. The van der Waals surface area contributed by atoms with Gasteiger partial charge >= 0.3 is 0 Å². The van der Waals surface area contributed by atoms with E-state index in [9.17, 15) is 13.2 Å². The molecular weight excluding hydrogens is 348 g/mol. The number of carbonyl (C=O) groups is 1. The van der Waals surface area contributed by atoms with Gasteiger partial charge in [0.15, 0.2) is 0 Å². The molecule has 0 aliphatic carbocycles. The third kappa shape index (κ3) is 3.97. The second-order valence-electron chi connectivity index (χ2n) is 7.03. The molecule has 5 nitrogen and oxygen atoms in total. The van der Waals surface area contributed by atoms with Crippen LogP contribution >= 0.6 is 0 Å². The van der Waals surface area contributed by atoms with Gasteiger partial charge in [0.25, 0.3) is 0 Å². The van der Waals surface area contributed by atoms with Gasteiger partial charge in [-0.05, 0) is 50.5 Å². The summed E-state index contributed by atoms with van der Waals surface area (Å²) >= 11 is 0. The number of rotatable bonds is 5. The Bertz CT molecular complexity index is 921.